The van der Waals surface area contributed by atoms with Gasteiger partial charge in [-0.15, -0.1) is 0 Å². The van der Waals surface area contributed by atoms with Gasteiger partial charge in [-0.3, -0.25) is 0 Å². The fourth-order valence-electron chi connectivity index (χ4n) is 1.71. The number of hydrogen-bond acceptors (Lipinski definition) is 4. The predicted octanol–water partition coefficient (Wildman–Crippen LogP) is 1.26. The van der Waals surface area contributed by atoms with E-state index in [1.807, 2.05) is 0 Å². The van der Waals surface area contributed by atoms with Crippen LogP contribution in [0, 0.1) is 17.1 Å². The maximum atomic E-state index is 13.3. The summed E-state index contributed by atoms with van der Waals surface area (Å²) in [7, 11) is -3.01. The molecule has 0 N–H and O–H groups in total. The second-order valence-electron chi connectivity index (χ2n) is 3.90. The number of halogens is 1. The van der Waals surface area contributed by atoms with Crippen molar-refractivity contribution in [1.82, 2.24) is 0 Å². The summed E-state index contributed by atoms with van der Waals surface area (Å²) in [6, 6.07) is 5.58. The third-order valence-corrected chi connectivity index (χ3v) is 4.29. The quantitative estimate of drug-likeness (QED) is 0.798. The molecule has 0 saturated carbocycles. The SMILES string of the molecule is N#Cc1ccc(OC2CCS(=O)(=O)C2)cc1F. The summed E-state index contributed by atoms with van der Waals surface area (Å²) >= 11 is 0. The van der Waals surface area contributed by atoms with Gasteiger partial charge in [-0.05, 0) is 18.6 Å². The van der Waals surface area contributed by atoms with E-state index in [2.05, 4.69) is 0 Å². The molecule has 4 nitrogen and oxygen atoms in total. The van der Waals surface area contributed by atoms with Gasteiger partial charge in [-0.2, -0.15) is 5.26 Å². The van der Waals surface area contributed by atoms with E-state index in [4.69, 9.17) is 10.00 Å². The highest BCUT2D eigenvalue weighted by atomic mass is 32.2. The van der Waals surface area contributed by atoms with Crippen LogP contribution in [-0.2, 0) is 9.84 Å². The van der Waals surface area contributed by atoms with Crippen molar-refractivity contribution >= 4 is 9.84 Å². The minimum Gasteiger partial charge on any atom is -0.489 e. The van der Waals surface area contributed by atoms with Crippen LogP contribution < -0.4 is 4.74 Å². The van der Waals surface area contributed by atoms with Gasteiger partial charge < -0.3 is 4.74 Å². The highest BCUT2D eigenvalue weighted by Crippen LogP contribution is 2.21. The summed E-state index contributed by atoms with van der Waals surface area (Å²) < 4.78 is 41.0. The van der Waals surface area contributed by atoms with E-state index in [9.17, 15) is 12.8 Å². The van der Waals surface area contributed by atoms with Gasteiger partial charge in [-0.25, -0.2) is 12.8 Å². The summed E-state index contributed by atoms with van der Waals surface area (Å²) in [5, 5.41) is 8.55. The average molecular weight is 255 g/mol. The minimum absolute atomic E-state index is 0.0331. The smallest absolute Gasteiger partial charge is 0.154 e. The zero-order chi connectivity index (χ0) is 12.5. The Morgan fingerprint density at radius 1 is 1.47 bits per heavy atom. The maximum Gasteiger partial charge on any atom is 0.154 e. The number of sulfone groups is 1. The van der Waals surface area contributed by atoms with E-state index in [1.54, 1.807) is 6.07 Å². The van der Waals surface area contributed by atoms with Gasteiger partial charge in [0.2, 0.25) is 0 Å². The van der Waals surface area contributed by atoms with Gasteiger partial charge in [0.15, 0.2) is 9.84 Å². The Bertz CT molecular complexity index is 577. The molecular formula is C11H10FNO3S. The van der Waals surface area contributed by atoms with Crippen molar-refractivity contribution in [1.29, 1.82) is 5.26 Å². The molecule has 1 saturated heterocycles. The van der Waals surface area contributed by atoms with E-state index in [0.717, 1.165) is 6.07 Å². The molecule has 0 radical (unpaired) electrons. The fourth-order valence-corrected chi connectivity index (χ4v) is 3.30. The van der Waals surface area contributed by atoms with Crippen molar-refractivity contribution in [2.45, 2.75) is 12.5 Å². The number of ether oxygens (including phenoxy) is 1. The first-order chi connectivity index (χ1) is 8.00. The van der Waals surface area contributed by atoms with Gasteiger partial charge in [0.1, 0.15) is 23.7 Å². The first kappa shape index (κ1) is 11.9. The molecule has 0 aromatic heterocycles. The Balaban J connectivity index is 2.11. The highest BCUT2D eigenvalue weighted by molar-refractivity contribution is 7.91. The van der Waals surface area contributed by atoms with Crippen molar-refractivity contribution < 1.29 is 17.5 Å². The van der Waals surface area contributed by atoms with Gasteiger partial charge in [-0.1, -0.05) is 0 Å². The van der Waals surface area contributed by atoms with Crippen molar-refractivity contribution in [2.24, 2.45) is 0 Å². The monoisotopic (exact) mass is 255 g/mol. The van der Waals surface area contributed by atoms with Crippen LogP contribution in [0.2, 0.25) is 0 Å². The lowest BCUT2D eigenvalue weighted by Gasteiger charge is -2.11. The molecule has 0 aliphatic carbocycles. The molecule has 1 aromatic rings. The molecule has 0 bridgehead atoms. The van der Waals surface area contributed by atoms with E-state index in [-0.39, 0.29) is 22.8 Å². The van der Waals surface area contributed by atoms with Crippen LogP contribution in [0.5, 0.6) is 5.75 Å². The van der Waals surface area contributed by atoms with E-state index in [1.165, 1.54) is 12.1 Å². The zero-order valence-electron chi connectivity index (χ0n) is 8.89. The molecule has 2 rings (SSSR count). The molecule has 1 heterocycles. The van der Waals surface area contributed by atoms with Crippen LogP contribution in [0.3, 0.4) is 0 Å². The van der Waals surface area contributed by atoms with Gasteiger partial charge in [0, 0.05) is 6.07 Å². The second-order valence-corrected chi connectivity index (χ2v) is 6.13. The van der Waals surface area contributed by atoms with E-state index in [0.29, 0.717) is 6.42 Å². The lowest BCUT2D eigenvalue weighted by atomic mass is 10.2. The van der Waals surface area contributed by atoms with Crippen molar-refractivity contribution in [2.75, 3.05) is 11.5 Å². The van der Waals surface area contributed by atoms with Gasteiger partial charge in [0.25, 0.3) is 0 Å². The Labute approximate surface area is 98.5 Å². The molecule has 17 heavy (non-hydrogen) atoms. The van der Waals surface area contributed by atoms with Gasteiger partial charge >= 0.3 is 0 Å². The normalized spacial score (nSPS) is 22.0. The molecule has 0 spiro atoms. The minimum atomic E-state index is -3.01. The van der Waals surface area contributed by atoms with Crippen LogP contribution >= 0.6 is 0 Å². The van der Waals surface area contributed by atoms with Gasteiger partial charge in [0.05, 0.1) is 17.1 Å². The number of benzene rings is 1. The lowest BCUT2D eigenvalue weighted by Crippen LogP contribution is -2.17. The van der Waals surface area contributed by atoms with E-state index >= 15 is 0 Å². The molecule has 1 aliphatic heterocycles. The predicted molar refractivity (Wildman–Crippen MR) is 58.8 cm³/mol. The molecule has 1 aromatic carbocycles. The average Bonchev–Trinajstić information content (AvgIpc) is 2.58. The summed E-state index contributed by atoms with van der Waals surface area (Å²) in [4.78, 5) is 0. The molecular weight excluding hydrogens is 245 g/mol. The summed E-state index contributed by atoms with van der Waals surface area (Å²) in [5.41, 5.74) is -0.0589. The molecule has 90 valence electrons. The summed E-state index contributed by atoms with van der Waals surface area (Å²) in [6.07, 6.45) is -0.00317. The van der Waals surface area contributed by atoms with Crippen LogP contribution in [0.1, 0.15) is 12.0 Å². The topological polar surface area (TPSA) is 67.2 Å². The van der Waals surface area contributed by atoms with Crippen LogP contribution in [-0.4, -0.2) is 26.0 Å². The number of rotatable bonds is 2. The van der Waals surface area contributed by atoms with Crippen LogP contribution in [0.15, 0.2) is 18.2 Å². The molecule has 1 fully saturated rings. The number of hydrogen-bond donors (Lipinski definition) is 0. The van der Waals surface area contributed by atoms with Crippen molar-refractivity contribution in [3.63, 3.8) is 0 Å². The van der Waals surface area contributed by atoms with Crippen LogP contribution in [0.4, 0.5) is 4.39 Å². The summed E-state index contributed by atoms with van der Waals surface area (Å²) in [5.74, 6) is -0.333. The second kappa shape index (κ2) is 4.34. The lowest BCUT2D eigenvalue weighted by molar-refractivity contribution is 0.228. The molecule has 1 unspecified atom stereocenters. The zero-order valence-corrected chi connectivity index (χ0v) is 9.71. The number of nitrogens with zero attached hydrogens (tertiary/aromatic N) is 1. The maximum absolute atomic E-state index is 13.3. The third-order valence-electron chi connectivity index (χ3n) is 2.55. The first-order valence-corrected chi connectivity index (χ1v) is 6.89. The van der Waals surface area contributed by atoms with Crippen LogP contribution in [0.25, 0.3) is 0 Å². The molecule has 1 aliphatic rings. The Morgan fingerprint density at radius 3 is 2.76 bits per heavy atom. The fraction of sp³-hybridized carbons (Fsp3) is 0.364. The van der Waals surface area contributed by atoms with E-state index < -0.39 is 21.8 Å². The first-order valence-electron chi connectivity index (χ1n) is 5.07. The summed E-state index contributed by atoms with van der Waals surface area (Å²) in [6.45, 7) is 0. The largest absolute Gasteiger partial charge is 0.489 e. The Morgan fingerprint density at radius 2 is 2.24 bits per heavy atom. The molecule has 6 heteroatoms. The Hall–Kier alpha value is -1.61. The third kappa shape index (κ3) is 2.74. The Kier molecular flexibility index (Phi) is 3.03. The molecule has 1 atom stereocenters. The van der Waals surface area contributed by atoms with Crippen molar-refractivity contribution in [3.8, 4) is 11.8 Å². The number of nitriles is 1. The van der Waals surface area contributed by atoms with Crippen molar-refractivity contribution in [3.05, 3.63) is 29.6 Å². The highest BCUT2D eigenvalue weighted by Gasteiger charge is 2.29. The standard InChI is InChI=1S/C11H10FNO3S/c12-11-5-9(2-1-8(11)6-13)16-10-3-4-17(14,15)7-10/h1-2,5,10H,3-4,7H2. The molecule has 0 amide bonds.